The monoisotopic (exact) mass is 226 g/mol. The zero-order valence-electron chi connectivity index (χ0n) is 3.63. The number of hydrogen-bond acceptors (Lipinski definition) is 3. The Bertz CT molecular complexity index is 31.8. The average Bonchev–Trinajstić information content (AvgIpc) is 0.811. The molecule has 0 heterocycles. The molecule has 0 aliphatic rings. The summed E-state index contributed by atoms with van der Waals surface area (Å²) in [5, 5.41) is 0. The van der Waals surface area contributed by atoms with Gasteiger partial charge in [-0.25, -0.2) is 0 Å². The Morgan fingerprint density at radius 2 is 1.17 bits per heavy atom. The third-order valence-electron chi connectivity index (χ3n) is 0. The Labute approximate surface area is 87.8 Å². The Morgan fingerprint density at radius 3 is 1.17 bits per heavy atom. The number of hydrogen-bond donors (Lipinski definition) is 0. The Morgan fingerprint density at radius 1 is 1.17 bits per heavy atom. The van der Waals surface area contributed by atoms with Crippen molar-refractivity contribution in [3.63, 3.8) is 0 Å². The first kappa shape index (κ1) is 15.8. The molecule has 0 atom stereocenters. The zero-order chi connectivity index (χ0) is 3.58. The van der Waals surface area contributed by atoms with E-state index in [1.807, 2.05) is 0 Å². The van der Waals surface area contributed by atoms with E-state index in [-0.39, 0.29) is 59.1 Å². The van der Waals surface area contributed by atoms with Gasteiger partial charge < -0.3 is 0 Å². The second kappa shape index (κ2) is 10.5. The van der Waals surface area contributed by atoms with E-state index in [1.165, 1.54) is 0 Å². The molecule has 0 aromatic rings. The summed E-state index contributed by atoms with van der Waals surface area (Å²) in [6.45, 7) is 0. The van der Waals surface area contributed by atoms with Crippen molar-refractivity contribution in [2.75, 3.05) is 0 Å². The van der Waals surface area contributed by atoms with Gasteiger partial charge in [-0.2, -0.15) is 0 Å². The van der Waals surface area contributed by atoms with E-state index in [0.29, 0.717) is 0 Å². The van der Waals surface area contributed by atoms with Gasteiger partial charge in [-0.3, -0.25) is 0 Å². The van der Waals surface area contributed by atoms with Crippen molar-refractivity contribution in [3.8, 4) is 0 Å². The molecule has 6 heavy (non-hydrogen) atoms. The first-order chi connectivity index (χ1) is 1.73. The van der Waals surface area contributed by atoms with Gasteiger partial charge in [0.2, 0.25) is 0 Å². The third-order valence-corrected chi connectivity index (χ3v) is 0. The van der Waals surface area contributed by atoms with E-state index in [2.05, 4.69) is 0 Å². The molecule has 0 N–H and O–H groups in total. The van der Waals surface area contributed by atoms with Gasteiger partial charge in [0.15, 0.2) is 0 Å². The molecule has 0 radical (unpaired) electrons. The molecule has 0 aromatic carbocycles. The van der Waals surface area contributed by atoms with Crippen LogP contribution in [0.25, 0.3) is 0 Å². The fraction of sp³-hybridized carbons (Fsp3) is 0. The fourth-order valence-corrected chi connectivity index (χ4v) is 0. The van der Waals surface area contributed by atoms with E-state index in [4.69, 9.17) is 10.0 Å². The van der Waals surface area contributed by atoms with Crippen LogP contribution < -0.4 is 66.1 Å². The van der Waals surface area contributed by atoms with Gasteiger partial charge in [0.05, 0.1) is 0 Å². The molecule has 0 saturated carbocycles. The van der Waals surface area contributed by atoms with Crippen molar-refractivity contribution in [3.05, 3.63) is 0 Å². The Balaban J connectivity index is -0.0000000450. The maximum atomic E-state index is 8.59. The molecule has 0 saturated heterocycles. The predicted molar refractivity (Wildman–Crippen MR) is 6.44 cm³/mol. The first-order valence-electron chi connectivity index (χ1n) is 0.500. The zero-order valence-corrected chi connectivity index (χ0v) is 9.96. The van der Waals surface area contributed by atoms with Crippen molar-refractivity contribution in [1.29, 1.82) is 0 Å². The molecule has 0 rings (SSSR count). The van der Waals surface area contributed by atoms with Crippen LogP contribution in [0.4, 0.5) is 0 Å². The van der Waals surface area contributed by atoms with E-state index < -0.39 is 20.4 Å². The largest absolute Gasteiger partial charge is 1.00 e. The summed E-state index contributed by atoms with van der Waals surface area (Å²) in [5.41, 5.74) is 0. The average molecular weight is 226 g/mol. The molecule has 0 amide bonds. The second-order valence-corrected chi connectivity index (χ2v) is 1.37. The van der Waals surface area contributed by atoms with Crippen LogP contribution in [0.15, 0.2) is 0 Å². The van der Waals surface area contributed by atoms with Crippen molar-refractivity contribution in [2.45, 2.75) is 0 Å². The van der Waals surface area contributed by atoms with Gasteiger partial charge >= 0.3 is 89.5 Å². The first-order valence-corrected chi connectivity index (χ1v) is 3.35. The van der Waals surface area contributed by atoms with Crippen LogP contribution >= 0.6 is 0 Å². The van der Waals surface area contributed by atoms with E-state index in [9.17, 15) is 0 Å². The molecule has 0 fully saturated rings. The molecule has 26 valence electrons. The topological polar surface area (TPSA) is 63.2 Å². The van der Waals surface area contributed by atoms with E-state index in [1.54, 1.807) is 0 Å². The molecular weight excluding hydrogens is 226 g/mol. The third kappa shape index (κ3) is 31.4. The van der Waals surface area contributed by atoms with Crippen molar-refractivity contribution in [1.82, 2.24) is 0 Å². The van der Waals surface area contributed by atoms with Gasteiger partial charge in [0, 0.05) is 0 Å². The molecule has 0 aromatic heterocycles. The van der Waals surface area contributed by atoms with E-state index >= 15 is 0 Å². The van der Waals surface area contributed by atoms with E-state index in [0.717, 1.165) is 0 Å². The van der Waals surface area contributed by atoms with Crippen LogP contribution in [0.3, 0.4) is 0 Å². The SMILES string of the molecule is O=[132Te]([O-])[O-].[Na+].[Na+]. The summed E-state index contributed by atoms with van der Waals surface area (Å²) in [5.74, 6) is 0. The maximum absolute atomic E-state index is 8.59. The molecule has 0 spiro atoms. The fourth-order valence-electron chi connectivity index (χ4n) is 0. The van der Waals surface area contributed by atoms with Crippen LogP contribution in [-0.4, -0.2) is 20.4 Å². The molecule has 0 unspecified atom stereocenters. The van der Waals surface area contributed by atoms with Crippen LogP contribution in [0.1, 0.15) is 0 Å². The maximum Gasteiger partial charge on any atom is 1.00 e. The van der Waals surface area contributed by atoms with Gasteiger partial charge in [-0.05, 0) is 0 Å². The normalized spacial score (nSPS) is 5.83. The van der Waals surface area contributed by atoms with Crippen LogP contribution in [0.2, 0.25) is 0 Å². The van der Waals surface area contributed by atoms with Crippen molar-refractivity contribution < 1.29 is 69.2 Å². The summed E-state index contributed by atoms with van der Waals surface area (Å²) in [6, 6.07) is 0. The molecule has 0 aliphatic carbocycles. The minimum absolute atomic E-state index is 0. The minimum atomic E-state index is -4.11. The van der Waals surface area contributed by atoms with Gasteiger partial charge in [0.1, 0.15) is 0 Å². The van der Waals surface area contributed by atoms with Gasteiger partial charge in [0.25, 0.3) is 0 Å². The van der Waals surface area contributed by atoms with Crippen LogP contribution in [-0.2, 0) is 3.10 Å². The second-order valence-electron chi connectivity index (χ2n) is 0.204. The Hall–Kier alpha value is 2.51. The summed E-state index contributed by atoms with van der Waals surface area (Å²) < 4.78 is 25.8. The summed E-state index contributed by atoms with van der Waals surface area (Å²) in [4.78, 5) is 0. The standard InChI is InChI=1S/2Na.H2O3Te/c;;1-4(2)3/h;;(H2,1,2,3)/q2*+1;/p-2/i;;4+4. The van der Waals surface area contributed by atoms with Gasteiger partial charge in [-0.1, -0.05) is 0 Å². The summed E-state index contributed by atoms with van der Waals surface area (Å²) in [6.07, 6.45) is 0. The van der Waals surface area contributed by atoms with Crippen molar-refractivity contribution in [2.24, 2.45) is 0 Å². The molecule has 3 nitrogen and oxygen atoms in total. The smallest absolute Gasteiger partial charge is 1.00 e. The molecule has 6 heteroatoms. The molecule has 0 bridgehead atoms. The molecule has 0 aliphatic heterocycles. The van der Waals surface area contributed by atoms with Crippen LogP contribution in [0, 0.1) is 0 Å². The number of rotatable bonds is 0. The minimum Gasteiger partial charge on any atom is 1.00 e. The van der Waals surface area contributed by atoms with Crippen LogP contribution in [0.5, 0.6) is 0 Å². The summed E-state index contributed by atoms with van der Waals surface area (Å²) in [7, 11) is 0. The molecular formula is Na2O3Te. The van der Waals surface area contributed by atoms with Gasteiger partial charge in [-0.15, -0.1) is 0 Å². The Kier molecular flexibility index (Phi) is 27.6. The summed E-state index contributed by atoms with van der Waals surface area (Å²) >= 11 is -4.11. The van der Waals surface area contributed by atoms with Crippen molar-refractivity contribution >= 4 is 20.4 Å². The predicted octanol–water partition coefficient (Wildman–Crippen LogP) is -8.87. The quantitative estimate of drug-likeness (QED) is 0.385.